The normalized spacial score (nSPS) is 19.5. The van der Waals surface area contributed by atoms with Gasteiger partial charge in [-0.25, -0.2) is 23.5 Å². The van der Waals surface area contributed by atoms with E-state index in [-0.39, 0.29) is 30.3 Å². The van der Waals surface area contributed by atoms with Gasteiger partial charge < -0.3 is 25.8 Å². The zero-order valence-corrected chi connectivity index (χ0v) is 17.7. The Labute approximate surface area is 187 Å². The second-order valence-corrected chi connectivity index (χ2v) is 7.95. The first-order chi connectivity index (χ1) is 15.9. The predicted molar refractivity (Wildman–Crippen MR) is 120 cm³/mol. The molecule has 11 heteroatoms. The number of rotatable bonds is 3. The highest BCUT2D eigenvalue weighted by molar-refractivity contribution is 6.00. The smallest absolute Gasteiger partial charge is 0.320 e. The number of anilines is 3. The summed E-state index contributed by atoms with van der Waals surface area (Å²) in [5.41, 5.74) is 8.36. The van der Waals surface area contributed by atoms with Crippen LogP contribution in [-0.4, -0.2) is 54.6 Å². The molecule has 3 aromatic rings. The maximum absolute atomic E-state index is 15.2. The van der Waals surface area contributed by atoms with Crippen molar-refractivity contribution < 1.29 is 23.0 Å². The van der Waals surface area contributed by atoms with E-state index in [1.165, 1.54) is 6.20 Å². The van der Waals surface area contributed by atoms with Crippen LogP contribution in [0.3, 0.4) is 0 Å². The summed E-state index contributed by atoms with van der Waals surface area (Å²) >= 11 is 0. The molecule has 0 aliphatic carbocycles. The average molecular weight is 456 g/mol. The van der Waals surface area contributed by atoms with Gasteiger partial charge in [-0.2, -0.15) is 0 Å². The molecule has 2 aliphatic rings. The molecule has 0 radical (unpaired) electrons. The molecule has 2 atom stereocenters. The molecular weight excluding hydrogens is 434 g/mol. The van der Waals surface area contributed by atoms with Crippen LogP contribution in [0.2, 0.25) is 0 Å². The maximum Gasteiger partial charge on any atom is 0.320 e. The van der Waals surface area contributed by atoms with E-state index in [0.717, 1.165) is 5.56 Å². The second-order valence-electron chi connectivity index (χ2n) is 7.95. The summed E-state index contributed by atoms with van der Waals surface area (Å²) in [4.78, 5) is 20.7. The highest BCUT2D eigenvalue weighted by atomic mass is 19.1. The number of nitrogens with one attached hydrogen (secondary N) is 3. The van der Waals surface area contributed by atoms with Crippen LogP contribution in [0.15, 0.2) is 24.5 Å². The number of benzene rings is 1. The van der Waals surface area contributed by atoms with Crippen LogP contribution < -0.4 is 26.4 Å². The number of hydrogen-bond donors (Lipinski definition) is 4. The van der Waals surface area contributed by atoms with E-state index in [0.29, 0.717) is 41.1 Å². The number of carbonyl (C=O) groups excluding carboxylic acids is 1. The SMILES string of the molecule is Cc1c(-c2cc3cc(NC(=O)N[C@H]4COC[C@H]4F)ncc3c(N)c2F)cnc2c1NCCO2. The average Bonchev–Trinajstić information content (AvgIpc) is 3.21. The van der Waals surface area contributed by atoms with Gasteiger partial charge in [-0.3, -0.25) is 5.32 Å². The van der Waals surface area contributed by atoms with Crippen LogP contribution in [0.1, 0.15) is 5.56 Å². The van der Waals surface area contributed by atoms with E-state index in [9.17, 15) is 9.18 Å². The number of amides is 2. The zero-order valence-electron chi connectivity index (χ0n) is 17.7. The Bertz CT molecular complexity index is 1250. The zero-order chi connectivity index (χ0) is 23.1. The van der Waals surface area contributed by atoms with Crippen molar-refractivity contribution in [1.29, 1.82) is 0 Å². The Morgan fingerprint density at radius 2 is 2.09 bits per heavy atom. The van der Waals surface area contributed by atoms with Gasteiger partial charge >= 0.3 is 6.03 Å². The van der Waals surface area contributed by atoms with Gasteiger partial charge in [0.1, 0.15) is 24.3 Å². The monoisotopic (exact) mass is 456 g/mol. The number of alkyl halides is 1. The first-order valence-electron chi connectivity index (χ1n) is 10.5. The van der Waals surface area contributed by atoms with Crippen molar-refractivity contribution in [2.45, 2.75) is 19.1 Å². The number of carbonyl (C=O) groups is 1. The van der Waals surface area contributed by atoms with E-state index < -0.39 is 24.1 Å². The first-order valence-corrected chi connectivity index (χ1v) is 10.5. The van der Waals surface area contributed by atoms with Crippen molar-refractivity contribution in [3.8, 4) is 17.0 Å². The molecule has 4 heterocycles. The molecule has 172 valence electrons. The molecular formula is C22H22F2N6O3. The lowest BCUT2D eigenvalue weighted by atomic mass is 9.97. The van der Waals surface area contributed by atoms with Gasteiger partial charge in [-0.05, 0) is 30.0 Å². The van der Waals surface area contributed by atoms with Gasteiger partial charge in [0.15, 0.2) is 5.82 Å². The van der Waals surface area contributed by atoms with Crippen molar-refractivity contribution in [3.05, 3.63) is 35.9 Å². The molecule has 9 nitrogen and oxygen atoms in total. The van der Waals surface area contributed by atoms with Gasteiger partial charge in [-0.15, -0.1) is 0 Å². The minimum Gasteiger partial charge on any atom is -0.474 e. The summed E-state index contributed by atoms with van der Waals surface area (Å²) in [6.07, 6.45) is 1.67. The summed E-state index contributed by atoms with van der Waals surface area (Å²) < 4.78 is 39.5. The molecule has 0 unspecified atom stereocenters. The molecule has 2 aliphatic heterocycles. The van der Waals surface area contributed by atoms with Crippen LogP contribution >= 0.6 is 0 Å². The van der Waals surface area contributed by atoms with Crippen LogP contribution in [-0.2, 0) is 4.74 Å². The Hall–Kier alpha value is -3.73. The van der Waals surface area contributed by atoms with E-state index in [4.69, 9.17) is 15.2 Å². The second kappa shape index (κ2) is 8.32. The first kappa shape index (κ1) is 21.1. The van der Waals surface area contributed by atoms with Gasteiger partial charge in [0, 0.05) is 35.5 Å². The number of urea groups is 1. The predicted octanol–water partition coefficient (Wildman–Crippen LogP) is 2.99. The third-order valence-electron chi connectivity index (χ3n) is 5.80. The highest BCUT2D eigenvalue weighted by Crippen LogP contribution is 2.39. The van der Waals surface area contributed by atoms with Crippen molar-refractivity contribution in [3.63, 3.8) is 0 Å². The van der Waals surface area contributed by atoms with Gasteiger partial charge in [0.25, 0.3) is 0 Å². The van der Waals surface area contributed by atoms with Crippen LogP contribution in [0.5, 0.6) is 5.88 Å². The standard InChI is InChI=1S/C22H22F2N6O3/c1-10-13(6-28-21-20(10)26-2-3-33-21)12-4-11-5-17(27-7-14(11)19(25)18(12)24)30-22(31)29-16-9-32-8-15(16)23/h4-7,15-16,26H,2-3,8-9,25H2,1H3,(H2,27,29,30,31)/t15-,16+/m1/s1. The number of ether oxygens (including phenoxy) is 2. The van der Waals surface area contributed by atoms with Crippen LogP contribution in [0.4, 0.5) is 30.8 Å². The van der Waals surface area contributed by atoms with Gasteiger partial charge in [0.05, 0.1) is 24.9 Å². The number of aromatic nitrogens is 2. The number of pyridine rings is 2. The van der Waals surface area contributed by atoms with E-state index in [1.54, 1.807) is 18.3 Å². The molecule has 0 saturated carbocycles. The number of nitrogens with two attached hydrogens (primary N) is 1. The largest absolute Gasteiger partial charge is 0.474 e. The van der Waals surface area contributed by atoms with E-state index in [1.807, 2.05) is 6.92 Å². The summed E-state index contributed by atoms with van der Waals surface area (Å²) in [6.45, 7) is 3.04. The highest BCUT2D eigenvalue weighted by Gasteiger charge is 2.29. The van der Waals surface area contributed by atoms with Crippen LogP contribution in [0, 0.1) is 12.7 Å². The van der Waals surface area contributed by atoms with E-state index in [2.05, 4.69) is 25.9 Å². The topological polar surface area (TPSA) is 123 Å². The van der Waals surface area contributed by atoms with Crippen molar-refractivity contribution in [2.24, 2.45) is 0 Å². The quantitative estimate of drug-likeness (QED) is 0.447. The lowest BCUT2D eigenvalue weighted by molar-refractivity contribution is 0.172. The van der Waals surface area contributed by atoms with Crippen molar-refractivity contribution >= 4 is 34.0 Å². The maximum atomic E-state index is 15.2. The molecule has 0 bridgehead atoms. The lowest BCUT2D eigenvalue weighted by Gasteiger charge is -2.22. The fourth-order valence-corrected chi connectivity index (χ4v) is 4.04. The van der Waals surface area contributed by atoms with Crippen molar-refractivity contribution in [1.82, 2.24) is 15.3 Å². The molecule has 2 amide bonds. The Balaban J connectivity index is 1.48. The number of halogens is 2. The van der Waals surface area contributed by atoms with E-state index >= 15 is 4.39 Å². The molecule has 5 rings (SSSR count). The Morgan fingerprint density at radius 3 is 2.88 bits per heavy atom. The van der Waals surface area contributed by atoms with Gasteiger partial charge in [-0.1, -0.05) is 0 Å². The molecule has 33 heavy (non-hydrogen) atoms. The molecule has 1 aromatic carbocycles. The summed E-state index contributed by atoms with van der Waals surface area (Å²) in [7, 11) is 0. The third kappa shape index (κ3) is 3.84. The minimum atomic E-state index is -1.26. The molecule has 2 aromatic heterocycles. The van der Waals surface area contributed by atoms with Gasteiger partial charge in [0.2, 0.25) is 5.88 Å². The van der Waals surface area contributed by atoms with Crippen molar-refractivity contribution in [2.75, 3.05) is 42.7 Å². The molecule has 1 saturated heterocycles. The number of nitrogens with zero attached hydrogens (tertiary/aromatic N) is 2. The minimum absolute atomic E-state index is 0.0502. The fourth-order valence-electron chi connectivity index (χ4n) is 4.04. The Morgan fingerprint density at radius 1 is 1.24 bits per heavy atom. The molecule has 0 spiro atoms. The Kier molecular flexibility index (Phi) is 5.33. The summed E-state index contributed by atoms with van der Waals surface area (Å²) in [6, 6.07) is 1.87. The lowest BCUT2D eigenvalue weighted by Crippen LogP contribution is -2.43. The number of fused-ring (bicyclic) bond motifs is 2. The third-order valence-corrected chi connectivity index (χ3v) is 5.80. The molecule has 1 fully saturated rings. The summed E-state index contributed by atoms with van der Waals surface area (Å²) in [5.74, 6) is 0.0998. The van der Waals surface area contributed by atoms with Crippen LogP contribution in [0.25, 0.3) is 21.9 Å². The fraction of sp³-hybridized carbons (Fsp3) is 0.318. The number of hydrogen-bond acceptors (Lipinski definition) is 7. The molecule has 5 N–H and O–H groups in total. The number of nitrogen functional groups attached to an aromatic ring is 1. The summed E-state index contributed by atoms with van der Waals surface area (Å²) in [5, 5.41) is 9.30.